The van der Waals surface area contributed by atoms with Crippen LogP contribution in [0, 0.1) is 6.92 Å². The van der Waals surface area contributed by atoms with Gasteiger partial charge in [-0.25, -0.2) is 4.98 Å². The second-order valence-electron chi connectivity index (χ2n) is 7.41. The van der Waals surface area contributed by atoms with Gasteiger partial charge in [0.05, 0.1) is 22.5 Å². The van der Waals surface area contributed by atoms with Crippen molar-refractivity contribution in [2.45, 2.75) is 19.4 Å². The van der Waals surface area contributed by atoms with Crippen LogP contribution in [0.15, 0.2) is 30.5 Å². The van der Waals surface area contributed by atoms with E-state index >= 15 is 0 Å². The number of aromatic nitrogens is 3. The van der Waals surface area contributed by atoms with Crippen LogP contribution in [0.5, 0.6) is 0 Å². The Balaban J connectivity index is 1.90. The summed E-state index contributed by atoms with van der Waals surface area (Å²) < 4.78 is 1.79. The van der Waals surface area contributed by atoms with Crippen molar-refractivity contribution in [3.63, 3.8) is 0 Å². The zero-order valence-electron chi connectivity index (χ0n) is 16.6. The van der Waals surface area contributed by atoms with Crippen LogP contribution >= 0.6 is 11.6 Å². The van der Waals surface area contributed by atoms with E-state index in [9.17, 15) is 4.79 Å². The maximum absolute atomic E-state index is 11.8. The molecule has 0 radical (unpaired) electrons. The summed E-state index contributed by atoms with van der Waals surface area (Å²) in [6, 6.07) is 7.42. The van der Waals surface area contributed by atoms with Crippen LogP contribution in [-0.2, 0) is 13.5 Å². The smallest absolute Gasteiger partial charge is 0.284 e. The van der Waals surface area contributed by atoms with Crippen LogP contribution in [0.25, 0.3) is 11.3 Å². The monoisotopic (exact) mass is 410 g/mol. The van der Waals surface area contributed by atoms with Crippen molar-refractivity contribution in [3.05, 3.63) is 63.8 Å². The molecule has 7 nitrogen and oxygen atoms in total. The number of rotatable bonds is 3. The van der Waals surface area contributed by atoms with Crippen molar-refractivity contribution < 1.29 is 4.79 Å². The molecule has 1 aliphatic rings. The molecule has 1 atom stereocenters. The lowest BCUT2D eigenvalue weighted by Gasteiger charge is -2.33. The number of benzene rings is 1. The summed E-state index contributed by atoms with van der Waals surface area (Å²) >= 11 is 6.89. The number of primary amides is 1. The average molecular weight is 411 g/mol. The largest absolute Gasteiger partial charge is 0.398 e. The molecule has 1 aromatic carbocycles. The van der Waals surface area contributed by atoms with Crippen LogP contribution in [0.4, 0.5) is 5.69 Å². The van der Waals surface area contributed by atoms with E-state index in [-0.39, 0.29) is 11.9 Å². The summed E-state index contributed by atoms with van der Waals surface area (Å²) in [7, 11) is 3.85. The highest BCUT2D eigenvalue weighted by Gasteiger charge is 2.34. The number of amides is 1. The van der Waals surface area contributed by atoms with E-state index in [1.165, 1.54) is 0 Å². The van der Waals surface area contributed by atoms with E-state index in [2.05, 4.69) is 14.9 Å². The van der Waals surface area contributed by atoms with Crippen molar-refractivity contribution in [2.75, 3.05) is 19.3 Å². The molecule has 29 heavy (non-hydrogen) atoms. The standard InChI is InChI=1S/C21H23ClN6O/c1-11-12(5-4-6-14(11)23)17-16(22)13(7-9-25-17)19-18-15(8-10-27(19)2)28(3)21(26-18)20(24)29/h4-7,9,19H,8,10,23H2,1-3H3,(H2,24,29). The average Bonchev–Trinajstić information content (AvgIpc) is 3.02. The Labute approximate surface area is 174 Å². The van der Waals surface area contributed by atoms with Crippen LogP contribution < -0.4 is 11.5 Å². The molecule has 0 saturated heterocycles. The summed E-state index contributed by atoms with van der Waals surface area (Å²) in [5, 5.41) is 0.553. The van der Waals surface area contributed by atoms with Gasteiger partial charge in [-0.2, -0.15) is 0 Å². The number of nitrogens with zero attached hydrogens (tertiary/aromatic N) is 4. The molecule has 1 amide bonds. The molecule has 3 aromatic rings. The van der Waals surface area contributed by atoms with E-state index in [1.807, 2.05) is 45.3 Å². The number of carbonyl (C=O) groups is 1. The Morgan fingerprint density at radius 1 is 1.28 bits per heavy atom. The van der Waals surface area contributed by atoms with Gasteiger partial charge in [0.1, 0.15) is 0 Å². The van der Waals surface area contributed by atoms with Crippen LogP contribution in [-0.4, -0.2) is 38.9 Å². The van der Waals surface area contributed by atoms with Gasteiger partial charge in [-0.15, -0.1) is 0 Å². The van der Waals surface area contributed by atoms with E-state index in [0.29, 0.717) is 16.4 Å². The number of nitrogen functional groups attached to an aromatic ring is 1. The third-order valence-electron chi connectivity index (χ3n) is 5.71. The molecule has 4 rings (SSSR count). The minimum absolute atomic E-state index is 0.200. The predicted octanol–water partition coefficient (Wildman–Crippen LogP) is 2.70. The van der Waals surface area contributed by atoms with Gasteiger partial charge in [0.15, 0.2) is 5.82 Å². The first-order chi connectivity index (χ1) is 13.8. The lowest BCUT2D eigenvalue weighted by Crippen LogP contribution is -2.33. The van der Waals surface area contributed by atoms with E-state index in [4.69, 9.17) is 23.1 Å². The van der Waals surface area contributed by atoms with Crippen molar-refractivity contribution in [1.82, 2.24) is 19.4 Å². The van der Waals surface area contributed by atoms with Gasteiger partial charge in [-0.05, 0) is 37.2 Å². The molecule has 0 spiro atoms. The van der Waals surface area contributed by atoms with Gasteiger partial charge in [-0.1, -0.05) is 23.7 Å². The van der Waals surface area contributed by atoms with Gasteiger partial charge in [0.25, 0.3) is 5.91 Å². The van der Waals surface area contributed by atoms with Crippen LogP contribution in [0.1, 0.15) is 39.2 Å². The molecular formula is C21H23ClN6O. The highest BCUT2D eigenvalue weighted by atomic mass is 35.5. The van der Waals surface area contributed by atoms with Crippen molar-refractivity contribution in [3.8, 4) is 11.3 Å². The zero-order valence-corrected chi connectivity index (χ0v) is 17.4. The number of pyridine rings is 1. The highest BCUT2D eigenvalue weighted by molar-refractivity contribution is 6.34. The van der Waals surface area contributed by atoms with Gasteiger partial charge in [0.2, 0.25) is 0 Å². The predicted molar refractivity (Wildman–Crippen MR) is 114 cm³/mol. The van der Waals surface area contributed by atoms with Crippen LogP contribution in [0.3, 0.4) is 0 Å². The first-order valence-corrected chi connectivity index (χ1v) is 9.74. The van der Waals surface area contributed by atoms with Gasteiger partial charge in [0, 0.05) is 43.2 Å². The quantitative estimate of drug-likeness (QED) is 0.646. The molecule has 1 aliphatic heterocycles. The number of imidazole rings is 1. The van der Waals surface area contributed by atoms with E-state index in [1.54, 1.807) is 10.8 Å². The molecule has 150 valence electrons. The molecule has 0 fully saturated rings. The zero-order chi connectivity index (χ0) is 20.9. The fourth-order valence-electron chi connectivity index (χ4n) is 4.06. The third-order valence-corrected chi connectivity index (χ3v) is 6.11. The molecule has 8 heteroatoms. The fraction of sp³-hybridized carbons (Fsp3) is 0.286. The van der Waals surface area contributed by atoms with E-state index in [0.717, 1.165) is 41.0 Å². The normalized spacial score (nSPS) is 16.6. The molecular weight excluding hydrogens is 388 g/mol. The number of hydrogen-bond acceptors (Lipinski definition) is 5. The number of halogens is 1. The first-order valence-electron chi connectivity index (χ1n) is 9.36. The summed E-state index contributed by atoms with van der Waals surface area (Å²) in [5.41, 5.74) is 17.5. The molecule has 4 N–H and O–H groups in total. The second kappa shape index (κ2) is 7.17. The molecule has 3 heterocycles. The number of carbonyl (C=O) groups excluding carboxylic acids is 1. The van der Waals surface area contributed by atoms with Crippen LogP contribution in [0.2, 0.25) is 5.02 Å². The number of anilines is 1. The lowest BCUT2D eigenvalue weighted by molar-refractivity contribution is 0.0987. The van der Waals surface area contributed by atoms with Crippen molar-refractivity contribution >= 4 is 23.2 Å². The number of likely N-dealkylation sites (N-methyl/N-ethyl adjacent to an activating group) is 1. The summed E-state index contributed by atoms with van der Waals surface area (Å²) in [4.78, 5) is 23.1. The number of nitrogens with two attached hydrogens (primary N) is 2. The fourth-order valence-corrected chi connectivity index (χ4v) is 4.38. The Morgan fingerprint density at radius 3 is 2.76 bits per heavy atom. The molecule has 0 saturated carbocycles. The van der Waals surface area contributed by atoms with Gasteiger partial charge in [-0.3, -0.25) is 14.7 Å². The summed E-state index contributed by atoms with van der Waals surface area (Å²) in [6.45, 7) is 2.76. The lowest BCUT2D eigenvalue weighted by atomic mass is 9.94. The maximum Gasteiger partial charge on any atom is 0.284 e. The van der Waals surface area contributed by atoms with Crippen molar-refractivity contribution in [2.24, 2.45) is 12.8 Å². The molecule has 0 aliphatic carbocycles. The second-order valence-corrected chi connectivity index (χ2v) is 7.78. The van der Waals surface area contributed by atoms with Crippen molar-refractivity contribution in [1.29, 1.82) is 0 Å². The SMILES string of the molecule is Cc1c(N)cccc1-c1nccc(C2c3nc(C(N)=O)n(C)c3CCN2C)c1Cl. The molecule has 1 unspecified atom stereocenters. The summed E-state index contributed by atoms with van der Waals surface area (Å²) in [6.07, 6.45) is 2.53. The molecule has 2 aromatic heterocycles. The Bertz CT molecular complexity index is 1120. The minimum Gasteiger partial charge on any atom is -0.398 e. The molecule has 0 bridgehead atoms. The Kier molecular flexibility index (Phi) is 4.80. The number of fused-ring (bicyclic) bond motifs is 1. The van der Waals surface area contributed by atoms with E-state index < -0.39 is 5.91 Å². The van der Waals surface area contributed by atoms with Gasteiger partial charge >= 0.3 is 0 Å². The Morgan fingerprint density at radius 2 is 2.03 bits per heavy atom. The van der Waals surface area contributed by atoms with Gasteiger partial charge < -0.3 is 16.0 Å². The topological polar surface area (TPSA) is 103 Å². The first kappa shape index (κ1) is 19.4. The Hall–Kier alpha value is -2.90. The minimum atomic E-state index is -0.541. The maximum atomic E-state index is 11.8. The number of hydrogen-bond donors (Lipinski definition) is 2. The highest BCUT2D eigenvalue weighted by Crippen LogP contribution is 2.40. The summed E-state index contributed by atoms with van der Waals surface area (Å²) in [5.74, 6) is -0.285. The third kappa shape index (κ3) is 3.07.